The molecular formula is C59H39NO. The summed E-state index contributed by atoms with van der Waals surface area (Å²) in [6, 6.07) is 86.0. The van der Waals surface area contributed by atoms with Crippen molar-refractivity contribution in [3.63, 3.8) is 0 Å². The van der Waals surface area contributed by atoms with Crippen molar-refractivity contribution in [3.8, 4) is 33.4 Å². The number of rotatable bonds is 7. The Kier molecular flexibility index (Phi) is 8.11. The third kappa shape index (κ3) is 5.36. The van der Waals surface area contributed by atoms with Gasteiger partial charge in [-0.3, -0.25) is 0 Å². The first-order valence-electron chi connectivity index (χ1n) is 21.0. The summed E-state index contributed by atoms with van der Waals surface area (Å²) in [4.78, 5) is 2.50. The van der Waals surface area contributed by atoms with Crippen LogP contribution in [0.3, 0.4) is 0 Å². The van der Waals surface area contributed by atoms with Gasteiger partial charge in [-0.15, -0.1) is 0 Å². The standard InChI is InChI=1S/C59H39NO/c1-5-19-40(20-6-1)41-33-35-45(36-34-41)60(57-55(42-21-7-2-8-22-42)49-28-13-14-29-50(49)58-56(57)51-30-16-18-32-54(51)61-58)46-37-38-48-47-27-15-17-31-52(47)59(53(48)39-46,43-23-9-3-10-24-43)44-25-11-4-12-26-44/h1-39H. The van der Waals surface area contributed by atoms with Gasteiger partial charge >= 0.3 is 0 Å². The number of fused-ring (bicyclic) bond motifs is 8. The van der Waals surface area contributed by atoms with E-state index in [2.05, 4.69) is 241 Å². The molecule has 0 spiro atoms. The highest BCUT2D eigenvalue weighted by Gasteiger charge is 2.46. The smallest absolute Gasteiger partial charge is 0.145 e. The van der Waals surface area contributed by atoms with Crippen LogP contribution in [-0.4, -0.2) is 0 Å². The zero-order valence-electron chi connectivity index (χ0n) is 33.4. The Morgan fingerprint density at radius 1 is 0.361 bits per heavy atom. The summed E-state index contributed by atoms with van der Waals surface area (Å²) in [7, 11) is 0. The molecular weight excluding hydrogens is 739 g/mol. The summed E-state index contributed by atoms with van der Waals surface area (Å²) in [6.07, 6.45) is 0. The summed E-state index contributed by atoms with van der Waals surface area (Å²) in [5.41, 5.74) is 16.6. The van der Waals surface area contributed by atoms with Crippen LogP contribution in [0.5, 0.6) is 0 Å². The van der Waals surface area contributed by atoms with Crippen LogP contribution in [0.1, 0.15) is 22.3 Å². The molecule has 11 aromatic rings. The second-order valence-electron chi connectivity index (χ2n) is 15.9. The zero-order valence-corrected chi connectivity index (χ0v) is 33.4. The molecule has 1 aromatic heterocycles. The Hall–Kier alpha value is -7.94. The Labute approximate surface area is 355 Å². The van der Waals surface area contributed by atoms with Gasteiger partial charge in [0.05, 0.1) is 16.5 Å². The third-order valence-electron chi connectivity index (χ3n) is 12.7. The lowest BCUT2D eigenvalue weighted by atomic mass is 9.67. The Morgan fingerprint density at radius 3 is 1.56 bits per heavy atom. The first-order chi connectivity index (χ1) is 30.3. The van der Waals surface area contributed by atoms with Crippen molar-refractivity contribution in [2.75, 3.05) is 4.90 Å². The molecule has 0 aliphatic heterocycles. The fourth-order valence-electron chi connectivity index (χ4n) is 10.2. The minimum absolute atomic E-state index is 0.559. The fraction of sp³-hybridized carbons (Fsp3) is 0.0169. The number of hydrogen-bond donors (Lipinski definition) is 0. The van der Waals surface area contributed by atoms with Crippen molar-refractivity contribution >= 4 is 49.8 Å². The van der Waals surface area contributed by atoms with Crippen molar-refractivity contribution in [2.24, 2.45) is 0 Å². The highest BCUT2D eigenvalue weighted by molar-refractivity contribution is 6.27. The molecule has 2 nitrogen and oxygen atoms in total. The van der Waals surface area contributed by atoms with Crippen LogP contribution in [0.4, 0.5) is 17.1 Å². The highest BCUT2D eigenvalue weighted by Crippen LogP contribution is 2.58. The molecule has 61 heavy (non-hydrogen) atoms. The number of furan rings is 1. The summed E-state index contributed by atoms with van der Waals surface area (Å²) >= 11 is 0. The molecule has 1 aliphatic rings. The average Bonchev–Trinajstić information content (AvgIpc) is 3.87. The van der Waals surface area contributed by atoms with Crippen molar-refractivity contribution in [3.05, 3.63) is 259 Å². The van der Waals surface area contributed by atoms with Crippen LogP contribution < -0.4 is 4.90 Å². The van der Waals surface area contributed by atoms with Crippen LogP contribution in [0.15, 0.2) is 241 Å². The molecule has 0 saturated carbocycles. The second-order valence-corrected chi connectivity index (χ2v) is 15.9. The maximum atomic E-state index is 6.93. The van der Waals surface area contributed by atoms with Crippen molar-refractivity contribution in [1.29, 1.82) is 0 Å². The van der Waals surface area contributed by atoms with Crippen LogP contribution in [-0.2, 0) is 5.41 Å². The van der Waals surface area contributed by atoms with E-state index in [1.165, 1.54) is 44.5 Å². The van der Waals surface area contributed by atoms with Gasteiger partial charge in [0.1, 0.15) is 11.2 Å². The second kappa shape index (κ2) is 14.1. The molecule has 10 aromatic carbocycles. The Balaban J connectivity index is 1.23. The number of benzene rings is 10. The maximum absolute atomic E-state index is 6.93. The van der Waals surface area contributed by atoms with Gasteiger partial charge in [-0.2, -0.15) is 0 Å². The first kappa shape index (κ1) is 35.0. The summed E-state index contributed by atoms with van der Waals surface area (Å²) in [6.45, 7) is 0. The lowest BCUT2D eigenvalue weighted by molar-refractivity contribution is 0.672. The van der Waals surface area contributed by atoms with Gasteiger partial charge in [-0.25, -0.2) is 0 Å². The molecule has 286 valence electrons. The van der Waals surface area contributed by atoms with Crippen molar-refractivity contribution in [2.45, 2.75) is 5.41 Å². The van der Waals surface area contributed by atoms with Gasteiger partial charge in [0.2, 0.25) is 0 Å². The van der Waals surface area contributed by atoms with E-state index in [1.807, 2.05) is 0 Å². The molecule has 0 bridgehead atoms. The van der Waals surface area contributed by atoms with E-state index < -0.39 is 5.41 Å². The predicted octanol–water partition coefficient (Wildman–Crippen LogP) is 15.9. The van der Waals surface area contributed by atoms with Gasteiger partial charge in [0, 0.05) is 27.7 Å². The van der Waals surface area contributed by atoms with E-state index in [0.717, 1.165) is 60.9 Å². The molecule has 1 heterocycles. The van der Waals surface area contributed by atoms with E-state index in [4.69, 9.17) is 4.42 Å². The first-order valence-corrected chi connectivity index (χ1v) is 21.0. The summed E-state index contributed by atoms with van der Waals surface area (Å²) in [5.74, 6) is 0. The molecule has 0 saturated heterocycles. The molecule has 0 unspecified atom stereocenters. The van der Waals surface area contributed by atoms with E-state index in [-0.39, 0.29) is 0 Å². The SMILES string of the molecule is c1ccc(-c2ccc(N(c3ccc4c(c3)C(c3ccccc3)(c3ccccc3)c3ccccc3-4)c3c(-c4ccccc4)c4ccccc4c4oc5ccccc5c34)cc2)cc1. The van der Waals surface area contributed by atoms with Gasteiger partial charge in [-0.1, -0.05) is 206 Å². The van der Waals surface area contributed by atoms with Gasteiger partial charge in [0.25, 0.3) is 0 Å². The van der Waals surface area contributed by atoms with E-state index in [1.54, 1.807) is 0 Å². The maximum Gasteiger partial charge on any atom is 0.145 e. The number of nitrogens with zero attached hydrogens (tertiary/aromatic N) is 1. The molecule has 0 radical (unpaired) electrons. The van der Waals surface area contributed by atoms with Crippen molar-refractivity contribution in [1.82, 2.24) is 0 Å². The normalized spacial score (nSPS) is 12.7. The van der Waals surface area contributed by atoms with Gasteiger partial charge < -0.3 is 9.32 Å². The van der Waals surface area contributed by atoms with Crippen LogP contribution in [0.25, 0.3) is 66.1 Å². The largest absolute Gasteiger partial charge is 0.455 e. The van der Waals surface area contributed by atoms with E-state index in [9.17, 15) is 0 Å². The number of anilines is 3. The highest BCUT2D eigenvalue weighted by atomic mass is 16.3. The molecule has 0 atom stereocenters. The summed E-state index contributed by atoms with van der Waals surface area (Å²) < 4.78 is 6.93. The number of hydrogen-bond acceptors (Lipinski definition) is 2. The molecule has 0 N–H and O–H groups in total. The Morgan fingerprint density at radius 2 is 0.869 bits per heavy atom. The minimum atomic E-state index is -0.559. The lowest BCUT2D eigenvalue weighted by Gasteiger charge is -2.35. The molecule has 1 aliphatic carbocycles. The van der Waals surface area contributed by atoms with E-state index >= 15 is 0 Å². The molecule has 0 fully saturated rings. The summed E-state index contributed by atoms with van der Waals surface area (Å²) in [5, 5.41) is 4.39. The molecule has 0 amide bonds. The molecule has 12 rings (SSSR count). The topological polar surface area (TPSA) is 16.4 Å². The predicted molar refractivity (Wildman–Crippen MR) is 254 cm³/mol. The lowest BCUT2D eigenvalue weighted by Crippen LogP contribution is -2.28. The Bertz CT molecular complexity index is 3350. The van der Waals surface area contributed by atoms with Gasteiger partial charge in [-0.05, 0) is 85.8 Å². The van der Waals surface area contributed by atoms with Crippen LogP contribution >= 0.6 is 0 Å². The monoisotopic (exact) mass is 777 g/mol. The average molecular weight is 778 g/mol. The van der Waals surface area contributed by atoms with Crippen molar-refractivity contribution < 1.29 is 4.42 Å². The number of para-hydroxylation sites is 1. The zero-order chi connectivity index (χ0) is 40.3. The third-order valence-corrected chi connectivity index (χ3v) is 12.7. The van der Waals surface area contributed by atoms with E-state index in [0.29, 0.717) is 0 Å². The van der Waals surface area contributed by atoms with Crippen LogP contribution in [0.2, 0.25) is 0 Å². The molecule has 2 heteroatoms. The van der Waals surface area contributed by atoms with Gasteiger partial charge in [0.15, 0.2) is 0 Å². The quantitative estimate of drug-likeness (QED) is 0.160. The fourth-order valence-corrected chi connectivity index (χ4v) is 10.2. The minimum Gasteiger partial charge on any atom is -0.455 e. The van der Waals surface area contributed by atoms with Crippen LogP contribution in [0, 0.1) is 0 Å².